The minimum absolute atomic E-state index is 0.00520. The number of hydrogen-bond acceptors (Lipinski definition) is 5. The molecule has 3 heterocycles. The number of aromatic nitrogens is 5. The van der Waals surface area contributed by atoms with Gasteiger partial charge in [-0.05, 0) is 48.7 Å². The van der Waals surface area contributed by atoms with E-state index in [4.69, 9.17) is 5.10 Å². The maximum Gasteiger partial charge on any atom is 0.254 e. The predicted molar refractivity (Wildman–Crippen MR) is 126 cm³/mol. The van der Waals surface area contributed by atoms with E-state index in [2.05, 4.69) is 39.3 Å². The van der Waals surface area contributed by atoms with Crippen LogP contribution in [0.4, 0.5) is 4.39 Å². The van der Waals surface area contributed by atoms with Crippen molar-refractivity contribution in [2.24, 2.45) is 0 Å². The van der Waals surface area contributed by atoms with Crippen molar-refractivity contribution in [1.82, 2.24) is 29.9 Å². The number of benzene rings is 2. The summed E-state index contributed by atoms with van der Waals surface area (Å²) in [6.45, 7) is 2.09. The van der Waals surface area contributed by atoms with Crippen molar-refractivity contribution < 1.29 is 9.18 Å². The summed E-state index contributed by atoms with van der Waals surface area (Å²) in [6.07, 6.45) is 7.01. The Kier molecular flexibility index (Phi) is 4.79. The molecule has 0 saturated heterocycles. The molecule has 1 fully saturated rings. The molecule has 3 aromatic heterocycles. The lowest BCUT2D eigenvalue weighted by Crippen LogP contribution is -2.26. The largest absolute Gasteiger partial charge is 0.349 e. The number of nitrogens with one attached hydrogen (secondary N) is 1. The van der Waals surface area contributed by atoms with Crippen LogP contribution in [0.3, 0.4) is 0 Å². The van der Waals surface area contributed by atoms with Crippen molar-refractivity contribution >= 4 is 22.6 Å². The Bertz CT molecular complexity index is 1560. The molecule has 7 nitrogen and oxygen atoms in total. The van der Waals surface area contributed by atoms with Gasteiger partial charge in [0.2, 0.25) is 0 Å². The third kappa shape index (κ3) is 3.67. The van der Waals surface area contributed by atoms with Crippen LogP contribution >= 0.6 is 0 Å². The van der Waals surface area contributed by atoms with E-state index in [0.29, 0.717) is 17.0 Å². The molecule has 2 aromatic carbocycles. The highest BCUT2D eigenvalue weighted by Gasteiger charge is 2.25. The number of carbonyl (C=O) groups excluding carboxylic acids is 1. The summed E-state index contributed by atoms with van der Waals surface area (Å²) in [5.41, 5.74) is 3.98. The third-order valence-corrected chi connectivity index (χ3v) is 6.25. The molecule has 0 radical (unpaired) electrons. The Hall–Kier alpha value is -4.20. The Balaban J connectivity index is 1.34. The molecule has 0 spiro atoms. The topological polar surface area (TPSA) is 85.1 Å². The number of halogens is 1. The van der Waals surface area contributed by atoms with E-state index in [0.717, 1.165) is 35.0 Å². The second-order valence-electron chi connectivity index (χ2n) is 8.66. The van der Waals surface area contributed by atoms with Crippen LogP contribution in [0.2, 0.25) is 0 Å². The minimum Gasteiger partial charge on any atom is -0.349 e. The standard InChI is InChI=1S/C26H21FN6O/c1-15(16-5-9-22-17(11-16)3-2-10-28-22)24-14-30-26-29-13-23(32-33(24)26)18-4-8-20(21(27)12-18)25(34)31-19-6-7-19/h2-5,8-15,19H,6-7H2,1H3,(H,31,34). The molecule has 8 heteroatoms. The lowest BCUT2D eigenvalue weighted by molar-refractivity contribution is 0.0947. The van der Waals surface area contributed by atoms with Crippen molar-refractivity contribution in [2.45, 2.75) is 31.7 Å². The van der Waals surface area contributed by atoms with Gasteiger partial charge in [-0.25, -0.2) is 18.9 Å². The van der Waals surface area contributed by atoms with E-state index < -0.39 is 5.82 Å². The highest BCUT2D eigenvalue weighted by Crippen LogP contribution is 2.28. The van der Waals surface area contributed by atoms with Gasteiger partial charge in [-0.2, -0.15) is 5.10 Å². The summed E-state index contributed by atoms with van der Waals surface area (Å²) in [5, 5.41) is 8.58. The highest BCUT2D eigenvalue weighted by molar-refractivity contribution is 5.95. The fourth-order valence-electron chi connectivity index (χ4n) is 4.10. The van der Waals surface area contributed by atoms with Gasteiger partial charge in [-0.15, -0.1) is 0 Å². The number of nitrogens with zero attached hydrogens (tertiary/aromatic N) is 5. The molecule has 0 aliphatic heterocycles. The first kappa shape index (κ1) is 20.4. The van der Waals surface area contributed by atoms with Crippen LogP contribution < -0.4 is 5.32 Å². The molecular formula is C26H21FN6O. The quantitative estimate of drug-likeness (QED) is 0.424. The Morgan fingerprint density at radius 2 is 1.94 bits per heavy atom. The maximum absolute atomic E-state index is 14.7. The fraction of sp³-hybridized carbons (Fsp3) is 0.192. The van der Waals surface area contributed by atoms with Gasteiger partial charge in [-0.1, -0.05) is 25.1 Å². The van der Waals surface area contributed by atoms with E-state index in [1.165, 1.54) is 12.1 Å². The molecule has 1 N–H and O–H groups in total. The van der Waals surface area contributed by atoms with Crippen molar-refractivity contribution in [3.63, 3.8) is 0 Å². The zero-order chi connectivity index (χ0) is 23.2. The minimum atomic E-state index is -0.582. The molecule has 168 valence electrons. The molecule has 1 aliphatic rings. The second-order valence-corrected chi connectivity index (χ2v) is 8.66. The van der Waals surface area contributed by atoms with Crippen LogP contribution in [-0.4, -0.2) is 36.5 Å². The van der Waals surface area contributed by atoms with Crippen LogP contribution in [0.15, 0.2) is 67.1 Å². The molecule has 5 aromatic rings. The Morgan fingerprint density at radius 1 is 1.09 bits per heavy atom. The Labute approximate surface area is 194 Å². The number of imidazole rings is 1. The number of carbonyl (C=O) groups is 1. The molecule has 6 rings (SSSR count). The first-order chi connectivity index (χ1) is 16.6. The fourth-order valence-corrected chi connectivity index (χ4v) is 4.10. The molecule has 1 saturated carbocycles. The van der Waals surface area contributed by atoms with Gasteiger partial charge in [0.25, 0.3) is 11.7 Å². The smallest absolute Gasteiger partial charge is 0.254 e. The van der Waals surface area contributed by atoms with E-state index in [-0.39, 0.29) is 23.4 Å². The SMILES string of the molecule is CC(c1ccc2ncccc2c1)c1cnc2ncc(-c3ccc(C(=O)NC4CC4)c(F)c3)nn12. The summed E-state index contributed by atoms with van der Waals surface area (Å²) in [4.78, 5) is 25.4. The van der Waals surface area contributed by atoms with E-state index in [1.807, 2.05) is 18.2 Å². The van der Waals surface area contributed by atoms with Crippen LogP contribution in [0.5, 0.6) is 0 Å². The van der Waals surface area contributed by atoms with Gasteiger partial charge < -0.3 is 5.32 Å². The lowest BCUT2D eigenvalue weighted by Gasteiger charge is -2.12. The van der Waals surface area contributed by atoms with E-state index >= 15 is 0 Å². The molecule has 0 bridgehead atoms. The number of fused-ring (bicyclic) bond motifs is 2. The van der Waals surface area contributed by atoms with Crippen LogP contribution in [0.25, 0.3) is 27.9 Å². The molecule has 1 amide bonds. The van der Waals surface area contributed by atoms with Crippen molar-refractivity contribution in [3.05, 3.63) is 89.8 Å². The monoisotopic (exact) mass is 452 g/mol. The summed E-state index contributed by atoms with van der Waals surface area (Å²) in [5.74, 6) is -0.505. The first-order valence-corrected chi connectivity index (χ1v) is 11.2. The highest BCUT2D eigenvalue weighted by atomic mass is 19.1. The second kappa shape index (κ2) is 7.98. The van der Waals surface area contributed by atoms with Crippen molar-refractivity contribution in [2.75, 3.05) is 0 Å². The summed E-state index contributed by atoms with van der Waals surface area (Å²) < 4.78 is 16.4. The van der Waals surface area contributed by atoms with E-state index in [9.17, 15) is 9.18 Å². The first-order valence-electron chi connectivity index (χ1n) is 11.2. The number of pyridine rings is 1. The van der Waals surface area contributed by atoms with Crippen LogP contribution in [-0.2, 0) is 0 Å². The zero-order valence-electron chi connectivity index (χ0n) is 18.4. The number of rotatable bonds is 5. The maximum atomic E-state index is 14.7. The normalized spacial score (nSPS) is 14.4. The Morgan fingerprint density at radius 3 is 2.76 bits per heavy atom. The summed E-state index contributed by atoms with van der Waals surface area (Å²) >= 11 is 0. The average molecular weight is 452 g/mol. The molecule has 34 heavy (non-hydrogen) atoms. The van der Waals surface area contributed by atoms with Crippen molar-refractivity contribution in [1.29, 1.82) is 0 Å². The third-order valence-electron chi connectivity index (χ3n) is 6.25. The van der Waals surface area contributed by atoms with Crippen molar-refractivity contribution in [3.8, 4) is 11.3 Å². The predicted octanol–water partition coefficient (Wildman–Crippen LogP) is 4.52. The van der Waals surface area contributed by atoms with Crippen LogP contribution in [0, 0.1) is 5.82 Å². The van der Waals surface area contributed by atoms with Gasteiger partial charge in [0.15, 0.2) is 0 Å². The molecular weight excluding hydrogens is 431 g/mol. The summed E-state index contributed by atoms with van der Waals surface area (Å²) in [7, 11) is 0. The molecule has 1 aliphatic carbocycles. The summed E-state index contributed by atoms with van der Waals surface area (Å²) in [6, 6.07) is 14.8. The van der Waals surface area contributed by atoms with Gasteiger partial charge in [-0.3, -0.25) is 9.78 Å². The number of amides is 1. The van der Waals surface area contributed by atoms with E-state index in [1.54, 1.807) is 29.2 Å². The molecule has 1 atom stereocenters. The average Bonchev–Trinajstić information content (AvgIpc) is 3.58. The van der Waals surface area contributed by atoms with Gasteiger partial charge in [0.05, 0.1) is 29.2 Å². The van der Waals surface area contributed by atoms with Gasteiger partial charge in [0.1, 0.15) is 11.5 Å². The lowest BCUT2D eigenvalue weighted by atomic mass is 9.97. The van der Waals surface area contributed by atoms with Gasteiger partial charge in [0, 0.05) is 29.1 Å². The zero-order valence-corrected chi connectivity index (χ0v) is 18.4. The van der Waals surface area contributed by atoms with Gasteiger partial charge >= 0.3 is 0 Å². The van der Waals surface area contributed by atoms with Crippen LogP contribution in [0.1, 0.15) is 47.3 Å². The molecule has 1 unspecified atom stereocenters. The number of hydrogen-bond donors (Lipinski definition) is 1.